The molecule has 0 aliphatic rings. The molecule has 1 heteroatoms. The van der Waals surface area contributed by atoms with Crippen molar-refractivity contribution in [2.45, 2.75) is 20.0 Å². The van der Waals surface area contributed by atoms with E-state index in [2.05, 4.69) is 6.92 Å². The summed E-state index contributed by atoms with van der Waals surface area (Å²) in [5.41, 5.74) is 0. The molecule has 0 radical (unpaired) electrons. The lowest BCUT2D eigenvalue weighted by Gasteiger charge is -2.13. The minimum Gasteiger partial charge on any atom is -0.849 e. The van der Waals surface area contributed by atoms with Crippen molar-refractivity contribution in [1.29, 1.82) is 0 Å². The molecule has 0 spiro atoms. The number of hydrogen-bond acceptors (Lipinski definition) is 1. The van der Waals surface area contributed by atoms with Crippen LogP contribution in [0.15, 0.2) is 0 Å². The van der Waals surface area contributed by atoms with Crippen LogP contribution in [-0.4, -0.2) is 6.10 Å². The van der Waals surface area contributed by atoms with Crippen molar-refractivity contribution >= 4 is 0 Å². The fourth-order valence-electron chi connectivity index (χ4n) is 0. The van der Waals surface area contributed by atoms with Crippen molar-refractivity contribution in [2.24, 2.45) is 5.92 Å². The van der Waals surface area contributed by atoms with Gasteiger partial charge in [-0.25, -0.2) is 0 Å². The standard InChI is InChI=1S/C5H10O/c1-4(2)5(3)6/h4-5H,1H2,2-3H3. The molecular formula is C5H10O. The maximum absolute atomic E-state index is 10.2. The summed E-state index contributed by atoms with van der Waals surface area (Å²) >= 11 is 0. The maximum Gasteiger partial charge on any atom is 0.0798 e. The predicted octanol–water partition coefficient (Wildman–Crippen LogP) is 0.205. The Hall–Kier alpha value is -0.170. The third-order valence-corrected chi connectivity index (χ3v) is 0.801. The summed E-state index contributed by atoms with van der Waals surface area (Å²) in [6, 6.07) is 0. The highest BCUT2D eigenvalue weighted by atomic mass is 16.3. The maximum atomic E-state index is 10.2. The molecule has 0 heterocycles. The highest BCUT2D eigenvalue weighted by Crippen LogP contribution is 1.92. The van der Waals surface area contributed by atoms with Gasteiger partial charge >= 0.3 is 0 Å². The fourth-order valence-corrected chi connectivity index (χ4v) is 0. The van der Waals surface area contributed by atoms with Crippen LogP contribution >= 0.6 is 0 Å². The normalized spacial score (nSPS) is 19.8. The molecule has 0 rings (SSSR count). The Morgan fingerprint density at radius 1 is 1.50 bits per heavy atom. The van der Waals surface area contributed by atoms with Crippen LogP contribution in [0.25, 0.3) is 0 Å². The Balaban J connectivity index is 2.99. The van der Waals surface area contributed by atoms with Crippen molar-refractivity contribution in [3.63, 3.8) is 0 Å². The van der Waals surface area contributed by atoms with Gasteiger partial charge in [0, 0.05) is 0 Å². The second-order valence-corrected chi connectivity index (χ2v) is 1.68. The van der Waals surface area contributed by atoms with E-state index in [1.165, 1.54) is 0 Å². The topological polar surface area (TPSA) is 23.1 Å². The van der Waals surface area contributed by atoms with Gasteiger partial charge in [0.1, 0.15) is 0 Å². The van der Waals surface area contributed by atoms with E-state index in [4.69, 9.17) is 0 Å². The summed E-state index contributed by atoms with van der Waals surface area (Å²) in [5.74, 6) is 0.0463. The van der Waals surface area contributed by atoms with Crippen LogP contribution in [0, 0.1) is 12.8 Å². The first kappa shape index (κ1) is 5.83. The minimum absolute atomic E-state index is 0.0463. The predicted molar refractivity (Wildman–Crippen MR) is 24.0 cm³/mol. The molecule has 0 saturated heterocycles. The van der Waals surface area contributed by atoms with Crippen molar-refractivity contribution < 1.29 is 5.11 Å². The van der Waals surface area contributed by atoms with Gasteiger partial charge in [0.2, 0.25) is 0 Å². The zero-order chi connectivity index (χ0) is 5.15. The number of hydrogen-bond donors (Lipinski definition) is 0. The first-order valence-corrected chi connectivity index (χ1v) is 2.13. The molecule has 2 unspecified atom stereocenters. The third-order valence-electron chi connectivity index (χ3n) is 0.801. The summed E-state index contributed by atoms with van der Waals surface area (Å²) in [6.45, 7) is 6.97. The van der Waals surface area contributed by atoms with E-state index in [1.807, 2.05) is 6.92 Å². The average molecular weight is 86.1 g/mol. The van der Waals surface area contributed by atoms with Crippen LogP contribution in [-0.2, 0) is 0 Å². The quantitative estimate of drug-likeness (QED) is 0.418. The van der Waals surface area contributed by atoms with Gasteiger partial charge in [-0.1, -0.05) is 13.0 Å². The van der Waals surface area contributed by atoms with Gasteiger partial charge < -0.3 is 5.11 Å². The van der Waals surface area contributed by atoms with Gasteiger partial charge in [0.25, 0.3) is 0 Å². The Kier molecular flexibility index (Phi) is 2.03. The third kappa shape index (κ3) is 2.09. The van der Waals surface area contributed by atoms with E-state index in [-0.39, 0.29) is 5.92 Å². The number of rotatable bonds is 1. The van der Waals surface area contributed by atoms with Gasteiger partial charge in [-0.3, -0.25) is 0 Å². The molecule has 0 bridgehead atoms. The first-order valence-electron chi connectivity index (χ1n) is 2.13. The molecule has 6 heavy (non-hydrogen) atoms. The molecule has 0 aromatic rings. The lowest BCUT2D eigenvalue weighted by molar-refractivity contribution is -0.422. The van der Waals surface area contributed by atoms with Crippen LogP contribution in [0.1, 0.15) is 13.8 Å². The van der Waals surface area contributed by atoms with Gasteiger partial charge in [-0.05, 0) is 6.92 Å². The smallest absolute Gasteiger partial charge is 0.0798 e. The van der Waals surface area contributed by atoms with Gasteiger partial charge in [0.05, 0.1) is 12.8 Å². The average Bonchev–Trinajstić information content (AvgIpc) is 1.36. The molecule has 1 nitrogen and oxygen atoms in total. The second-order valence-electron chi connectivity index (χ2n) is 1.68. The first-order chi connectivity index (χ1) is 2.64. The van der Waals surface area contributed by atoms with Crippen LogP contribution in [0.3, 0.4) is 0 Å². The SMILES string of the molecule is [CH2+]C(C)C(C)[O-]. The molecule has 0 N–H and O–H groups in total. The van der Waals surface area contributed by atoms with E-state index in [9.17, 15) is 5.11 Å². The Morgan fingerprint density at radius 2 is 1.67 bits per heavy atom. The summed E-state index contributed by atoms with van der Waals surface area (Å²) in [4.78, 5) is 0. The Bertz CT molecular complexity index is 24.9. The molecule has 0 aromatic carbocycles. The largest absolute Gasteiger partial charge is 0.849 e. The lowest BCUT2D eigenvalue weighted by atomic mass is 10.1. The second kappa shape index (κ2) is 2.08. The molecule has 0 amide bonds. The zero-order valence-corrected chi connectivity index (χ0v) is 4.27. The van der Waals surface area contributed by atoms with Gasteiger partial charge in [-0.15, -0.1) is 0 Å². The van der Waals surface area contributed by atoms with Crippen LogP contribution < -0.4 is 5.11 Å². The van der Waals surface area contributed by atoms with Crippen molar-refractivity contribution in [3.8, 4) is 0 Å². The summed E-state index contributed by atoms with van der Waals surface area (Å²) in [7, 11) is 0. The Morgan fingerprint density at radius 3 is 1.67 bits per heavy atom. The highest BCUT2D eigenvalue weighted by molar-refractivity contribution is 4.57. The molecule has 0 aliphatic heterocycles. The summed E-state index contributed by atoms with van der Waals surface area (Å²) in [5, 5.41) is 10.2. The molecule has 0 aliphatic carbocycles. The van der Waals surface area contributed by atoms with Crippen LogP contribution in [0.2, 0.25) is 0 Å². The van der Waals surface area contributed by atoms with Crippen LogP contribution in [0.5, 0.6) is 0 Å². The molecule has 0 fully saturated rings. The van der Waals surface area contributed by atoms with E-state index < -0.39 is 6.10 Å². The fraction of sp³-hybridized carbons (Fsp3) is 0.800. The summed E-state index contributed by atoms with van der Waals surface area (Å²) < 4.78 is 0. The highest BCUT2D eigenvalue weighted by Gasteiger charge is 1.96. The van der Waals surface area contributed by atoms with Gasteiger partial charge in [-0.2, -0.15) is 0 Å². The lowest BCUT2D eigenvalue weighted by Crippen LogP contribution is -2.26. The monoisotopic (exact) mass is 86.1 g/mol. The van der Waals surface area contributed by atoms with Gasteiger partial charge in [0.15, 0.2) is 0 Å². The molecule has 0 saturated carbocycles. The molecule has 2 atom stereocenters. The van der Waals surface area contributed by atoms with Crippen molar-refractivity contribution in [2.75, 3.05) is 0 Å². The van der Waals surface area contributed by atoms with E-state index in [0.717, 1.165) is 0 Å². The van der Waals surface area contributed by atoms with Crippen molar-refractivity contribution in [3.05, 3.63) is 6.92 Å². The molecule has 0 aromatic heterocycles. The van der Waals surface area contributed by atoms with Crippen molar-refractivity contribution in [1.82, 2.24) is 0 Å². The van der Waals surface area contributed by atoms with E-state index >= 15 is 0 Å². The summed E-state index contributed by atoms with van der Waals surface area (Å²) in [6.07, 6.45) is -0.509. The van der Waals surface area contributed by atoms with E-state index in [0.29, 0.717) is 0 Å². The molecule has 36 valence electrons. The van der Waals surface area contributed by atoms with E-state index in [1.54, 1.807) is 6.92 Å². The zero-order valence-electron chi connectivity index (χ0n) is 4.27. The minimum atomic E-state index is -0.509. The molecular weight excluding hydrogens is 76.1 g/mol. The Labute approximate surface area is 39.0 Å². The van der Waals surface area contributed by atoms with Crippen LogP contribution in [0.4, 0.5) is 0 Å².